The molecular formula is C31H41FIN7O3. The fraction of sp³-hybridized carbons (Fsp3) is 0.613. The summed E-state index contributed by atoms with van der Waals surface area (Å²) in [4.78, 5) is 31.1. The van der Waals surface area contributed by atoms with E-state index in [-0.39, 0.29) is 18.3 Å². The number of carbonyl (C=O) groups is 1. The molecular weight excluding hydrogens is 664 g/mol. The van der Waals surface area contributed by atoms with Crippen LogP contribution in [0.5, 0.6) is 6.01 Å². The van der Waals surface area contributed by atoms with Crippen molar-refractivity contribution in [1.82, 2.24) is 19.8 Å². The topological polar surface area (TPSA) is 98.1 Å². The third kappa shape index (κ3) is 7.42. The molecule has 0 N–H and O–H groups in total. The molecule has 2 fully saturated rings. The molecule has 2 aromatic rings. The number of rotatable bonds is 6. The van der Waals surface area contributed by atoms with Gasteiger partial charge in [0.1, 0.15) is 23.8 Å². The molecule has 0 aliphatic carbocycles. The Morgan fingerprint density at radius 2 is 1.95 bits per heavy atom. The summed E-state index contributed by atoms with van der Waals surface area (Å²) in [6, 6.07) is 7.67. The van der Waals surface area contributed by atoms with Gasteiger partial charge in [0.05, 0.1) is 36.5 Å². The van der Waals surface area contributed by atoms with Gasteiger partial charge >= 0.3 is 12.1 Å². The summed E-state index contributed by atoms with van der Waals surface area (Å²) in [6.45, 7) is 9.55. The Bertz CT molecular complexity index is 1340. The van der Waals surface area contributed by atoms with Crippen molar-refractivity contribution in [2.75, 3.05) is 56.2 Å². The van der Waals surface area contributed by atoms with Crippen molar-refractivity contribution in [1.29, 1.82) is 5.26 Å². The van der Waals surface area contributed by atoms with Crippen molar-refractivity contribution in [3.8, 4) is 12.1 Å². The second-order valence-corrected chi connectivity index (χ2v) is 13.7. The summed E-state index contributed by atoms with van der Waals surface area (Å²) < 4.78 is 27.8. The molecule has 2 saturated heterocycles. The Balaban J connectivity index is 1.47. The van der Waals surface area contributed by atoms with Crippen LogP contribution in [0.2, 0.25) is 0 Å². The van der Waals surface area contributed by atoms with E-state index in [0.29, 0.717) is 57.1 Å². The van der Waals surface area contributed by atoms with Gasteiger partial charge in [0.2, 0.25) is 0 Å². The number of carbonyl (C=O) groups excluding carboxylic acids is 1. The summed E-state index contributed by atoms with van der Waals surface area (Å²) in [7, 11) is 2.11. The van der Waals surface area contributed by atoms with Gasteiger partial charge in [0.15, 0.2) is 0 Å². The Morgan fingerprint density at radius 1 is 1.14 bits per heavy atom. The van der Waals surface area contributed by atoms with Crippen LogP contribution < -0.4 is 14.5 Å². The van der Waals surface area contributed by atoms with Crippen molar-refractivity contribution in [2.45, 2.75) is 77.1 Å². The number of aromatic nitrogens is 2. The van der Waals surface area contributed by atoms with E-state index in [4.69, 9.17) is 19.4 Å². The third-order valence-corrected chi connectivity index (χ3v) is 9.18. The molecule has 0 unspecified atom stereocenters. The lowest BCUT2D eigenvalue weighted by molar-refractivity contribution is 0.0144. The zero-order chi connectivity index (χ0) is 30.7. The van der Waals surface area contributed by atoms with Gasteiger partial charge < -0.3 is 29.1 Å². The number of likely N-dealkylation sites (N-methyl/N-ethyl adjacent to an activating group) is 1. The molecule has 5 rings (SSSR count). The number of halogens is 2. The number of fused-ring (bicyclic) bond motifs is 1. The summed E-state index contributed by atoms with van der Waals surface area (Å²) in [5.41, 5.74) is 1.80. The van der Waals surface area contributed by atoms with E-state index in [0.717, 1.165) is 52.9 Å². The average Bonchev–Trinajstić information content (AvgIpc) is 3.23. The van der Waals surface area contributed by atoms with Crippen LogP contribution >= 0.6 is 22.6 Å². The molecule has 0 bridgehead atoms. The van der Waals surface area contributed by atoms with E-state index in [1.165, 1.54) is 6.07 Å². The third-order valence-electron chi connectivity index (χ3n) is 8.31. The van der Waals surface area contributed by atoms with Crippen LogP contribution in [0.15, 0.2) is 18.2 Å². The second-order valence-electron chi connectivity index (χ2n) is 12.6. The van der Waals surface area contributed by atoms with Gasteiger partial charge in [-0.25, -0.2) is 9.18 Å². The molecule has 43 heavy (non-hydrogen) atoms. The molecule has 3 aliphatic heterocycles. The molecule has 232 valence electrons. The monoisotopic (exact) mass is 705 g/mol. The van der Waals surface area contributed by atoms with Gasteiger partial charge in [0.25, 0.3) is 0 Å². The maximum absolute atomic E-state index is 15.1. The number of nitriles is 1. The first-order valence-electron chi connectivity index (χ1n) is 15.1. The van der Waals surface area contributed by atoms with Crippen LogP contribution in [0.1, 0.15) is 57.7 Å². The number of hydrogen-bond donors (Lipinski definition) is 0. The normalized spacial score (nSPS) is 21.3. The number of hydrogen-bond acceptors (Lipinski definition) is 9. The predicted molar refractivity (Wildman–Crippen MR) is 171 cm³/mol. The van der Waals surface area contributed by atoms with Crippen molar-refractivity contribution < 1.29 is 18.7 Å². The lowest BCUT2D eigenvalue weighted by atomic mass is 10.1. The molecule has 10 nitrogen and oxygen atoms in total. The Labute approximate surface area is 267 Å². The fourth-order valence-electron chi connectivity index (χ4n) is 6.15. The predicted octanol–water partition coefficient (Wildman–Crippen LogP) is 4.99. The zero-order valence-electron chi connectivity index (χ0n) is 25.5. The van der Waals surface area contributed by atoms with E-state index in [1.807, 2.05) is 26.8 Å². The molecule has 1 aromatic heterocycles. The molecule has 12 heteroatoms. The smallest absolute Gasteiger partial charge is 0.410 e. The summed E-state index contributed by atoms with van der Waals surface area (Å²) >= 11 is 2.19. The number of ether oxygens (including phenoxy) is 2. The molecule has 2 atom stereocenters. The number of para-hydroxylation sites is 1. The number of benzene rings is 1. The molecule has 0 saturated carbocycles. The lowest BCUT2D eigenvalue weighted by Gasteiger charge is -2.42. The summed E-state index contributed by atoms with van der Waals surface area (Å²) in [5.74, 6) is 0.527. The lowest BCUT2D eigenvalue weighted by Crippen LogP contribution is -2.56. The Hall–Kier alpha value is -2.92. The summed E-state index contributed by atoms with van der Waals surface area (Å²) in [5, 5.41) is 9.62. The minimum Gasteiger partial charge on any atom is -0.462 e. The average molecular weight is 706 g/mol. The molecule has 0 spiro atoms. The minimum absolute atomic E-state index is 0.180. The Kier molecular flexibility index (Phi) is 9.80. The van der Waals surface area contributed by atoms with Gasteiger partial charge in [0, 0.05) is 41.4 Å². The van der Waals surface area contributed by atoms with Crippen LogP contribution in [-0.2, 0) is 17.7 Å². The maximum Gasteiger partial charge on any atom is 0.410 e. The van der Waals surface area contributed by atoms with Crippen LogP contribution in [0.25, 0.3) is 0 Å². The first-order chi connectivity index (χ1) is 20.5. The van der Waals surface area contributed by atoms with Crippen LogP contribution in [-0.4, -0.2) is 89.9 Å². The van der Waals surface area contributed by atoms with Crippen molar-refractivity contribution in [3.63, 3.8) is 0 Å². The summed E-state index contributed by atoms with van der Waals surface area (Å²) in [6.07, 6.45) is 3.51. The molecule has 1 amide bonds. The quantitative estimate of drug-likeness (QED) is 0.386. The fourth-order valence-corrected chi connectivity index (χ4v) is 6.95. The highest BCUT2D eigenvalue weighted by molar-refractivity contribution is 14.1. The van der Waals surface area contributed by atoms with E-state index in [9.17, 15) is 10.1 Å². The van der Waals surface area contributed by atoms with E-state index < -0.39 is 11.7 Å². The first-order valence-corrected chi connectivity index (χ1v) is 16.1. The number of likely N-dealkylation sites (tertiary alicyclic amines) is 1. The number of nitrogens with zero attached hydrogens (tertiary/aromatic N) is 7. The van der Waals surface area contributed by atoms with Gasteiger partial charge in [-0.05, 0) is 94.8 Å². The zero-order valence-corrected chi connectivity index (χ0v) is 27.6. The largest absolute Gasteiger partial charge is 0.462 e. The standard InChI is InChI=1S/C31H41FIN7O3/c1-31(2,3)43-30(41)40-17-16-39(18-21(40)12-13-34)28-23-9-7-15-38(27-24(32)10-5-11-25(27)33)19-26(23)35-29(36-28)42-20-22-8-6-14-37(22)4/h5,10-11,21-22H,6-9,12,14-20H2,1-4H3/t21-,22-/m0/s1. The molecule has 1 aromatic carbocycles. The van der Waals surface area contributed by atoms with Crippen molar-refractivity contribution >= 4 is 40.2 Å². The highest BCUT2D eigenvalue weighted by atomic mass is 127. The van der Waals surface area contributed by atoms with Gasteiger partial charge in [-0.15, -0.1) is 0 Å². The van der Waals surface area contributed by atoms with Crippen LogP contribution in [0, 0.1) is 20.7 Å². The van der Waals surface area contributed by atoms with Crippen LogP contribution in [0.3, 0.4) is 0 Å². The van der Waals surface area contributed by atoms with Crippen molar-refractivity contribution in [3.05, 3.63) is 38.8 Å². The molecule has 3 aliphatic rings. The van der Waals surface area contributed by atoms with E-state index >= 15 is 4.39 Å². The van der Waals surface area contributed by atoms with E-state index in [1.54, 1.807) is 11.0 Å². The van der Waals surface area contributed by atoms with Gasteiger partial charge in [-0.1, -0.05) is 6.07 Å². The highest BCUT2D eigenvalue weighted by Gasteiger charge is 2.36. The second kappa shape index (κ2) is 13.4. The van der Waals surface area contributed by atoms with Gasteiger partial charge in [-0.3, -0.25) is 0 Å². The molecule has 4 heterocycles. The molecule has 0 radical (unpaired) electrons. The van der Waals surface area contributed by atoms with E-state index in [2.05, 4.69) is 50.4 Å². The number of piperazine rings is 1. The minimum atomic E-state index is -0.628. The SMILES string of the molecule is CN1CCC[C@H]1COc1nc2c(c(N3CCN(C(=O)OC(C)(C)C)[C@@H](CC#N)C3)n1)CCCN(c1c(F)cccc1I)C2. The maximum atomic E-state index is 15.1. The number of anilines is 2. The Morgan fingerprint density at radius 3 is 2.65 bits per heavy atom. The van der Waals surface area contributed by atoms with Crippen molar-refractivity contribution in [2.24, 2.45) is 0 Å². The van der Waals surface area contributed by atoms with Gasteiger partial charge in [-0.2, -0.15) is 15.2 Å². The number of amides is 1. The first kappa shape index (κ1) is 31.5. The van der Waals surface area contributed by atoms with Crippen LogP contribution in [0.4, 0.5) is 20.7 Å². The highest BCUT2D eigenvalue weighted by Crippen LogP contribution is 2.34.